The number of hydrogen-bond acceptors (Lipinski definition) is 3. The molecule has 0 aromatic carbocycles. The fraction of sp³-hybridized carbons (Fsp3) is 0.750. The van der Waals surface area contributed by atoms with Crippen molar-refractivity contribution >= 4 is 5.97 Å². The topological polar surface area (TPSA) is 55.8 Å². The van der Waals surface area contributed by atoms with Crippen LogP contribution in [-0.4, -0.2) is 30.1 Å². The normalized spacial score (nSPS) is 21.9. The van der Waals surface area contributed by atoms with Crippen LogP contribution >= 0.6 is 0 Å². The zero-order valence-electron chi connectivity index (χ0n) is 9.57. The van der Waals surface area contributed by atoms with Gasteiger partial charge in [-0.2, -0.15) is 0 Å². The summed E-state index contributed by atoms with van der Waals surface area (Å²) in [6.45, 7) is 2.73. The van der Waals surface area contributed by atoms with Crippen LogP contribution in [-0.2, 0) is 14.3 Å². The number of hydrogen-bond donors (Lipinski definition) is 1. The lowest BCUT2D eigenvalue weighted by Crippen LogP contribution is -2.26. The van der Waals surface area contributed by atoms with Gasteiger partial charge >= 0.3 is 5.97 Å². The first-order chi connectivity index (χ1) is 7.68. The second-order valence-electron chi connectivity index (χ2n) is 3.89. The van der Waals surface area contributed by atoms with Gasteiger partial charge in [-0.15, -0.1) is 0 Å². The molecule has 1 aliphatic heterocycles. The van der Waals surface area contributed by atoms with E-state index in [9.17, 15) is 4.79 Å². The maximum Gasteiger partial charge on any atom is 0.381 e. The molecule has 0 saturated carbocycles. The zero-order valence-corrected chi connectivity index (χ0v) is 9.57. The van der Waals surface area contributed by atoms with Gasteiger partial charge in [-0.1, -0.05) is 5.92 Å². The van der Waals surface area contributed by atoms with Gasteiger partial charge in [0.05, 0.1) is 6.10 Å². The van der Waals surface area contributed by atoms with E-state index in [-0.39, 0.29) is 12.4 Å². The average Bonchev–Trinajstić information content (AvgIpc) is 2.25. The van der Waals surface area contributed by atoms with Gasteiger partial charge in [0.2, 0.25) is 0 Å². The van der Waals surface area contributed by atoms with Crippen molar-refractivity contribution in [3.05, 3.63) is 0 Å². The molecule has 1 rings (SSSR count). The van der Waals surface area contributed by atoms with Crippen LogP contribution in [0.5, 0.6) is 0 Å². The molecule has 0 unspecified atom stereocenters. The highest BCUT2D eigenvalue weighted by atomic mass is 16.7. The predicted molar refractivity (Wildman–Crippen MR) is 58.8 cm³/mol. The van der Waals surface area contributed by atoms with Crippen molar-refractivity contribution in [3.63, 3.8) is 0 Å². The minimum absolute atomic E-state index is 0.0613. The highest BCUT2D eigenvalue weighted by molar-refractivity contribution is 5.86. The summed E-state index contributed by atoms with van der Waals surface area (Å²) in [5.74, 6) is 3.59. The highest BCUT2D eigenvalue weighted by Gasteiger charge is 2.16. The Kier molecular flexibility index (Phi) is 5.91. The molecule has 0 spiro atoms. The van der Waals surface area contributed by atoms with E-state index in [0.717, 1.165) is 32.3 Å². The van der Waals surface area contributed by atoms with Crippen molar-refractivity contribution in [2.24, 2.45) is 0 Å². The molecule has 0 aromatic rings. The first-order valence-electron chi connectivity index (χ1n) is 5.67. The maximum atomic E-state index is 10.1. The molecule has 1 fully saturated rings. The Balaban J connectivity index is 2.13. The Bertz CT molecular complexity index is 270. The van der Waals surface area contributed by atoms with E-state index in [4.69, 9.17) is 14.6 Å². The first-order valence-corrected chi connectivity index (χ1v) is 5.67. The smallest absolute Gasteiger partial charge is 0.381 e. The molecular formula is C12H18O4. The fourth-order valence-corrected chi connectivity index (χ4v) is 1.56. The van der Waals surface area contributed by atoms with E-state index in [1.165, 1.54) is 0 Å². The number of carboxylic acids is 1. The molecule has 1 heterocycles. The van der Waals surface area contributed by atoms with Gasteiger partial charge < -0.3 is 14.6 Å². The van der Waals surface area contributed by atoms with Crippen molar-refractivity contribution in [3.8, 4) is 11.8 Å². The molecule has 4 heteroatoms. The van der Waals surface area contributed by atoms with E-state index in [2.05, 4.69) is 11.8 Å². The molecule has 16 heavy (non-hydrogen) atoms. The van der Waals surface area contributed by atoms with Crippen molar-refractivity contribution in [2.45, 2.75) is 51.4 Å². The monoisotopic (exact) mass is 226 g/mol. The fourth-order valence-electron chi connectivity index (χ4n) is 1.56. The Labute approximate surface area is 95.9 Å². The molecule has 0 radical (unpaired) electrons. The number of carboxylic acid groups (broad SMARTS) is 1. The zero-order chi connectivity index (χ0) is 11.8. The molecule has 0 amide bonds. The first kappa shape index (κ1) is 13.0. The van der Waals surface area contributed by atoms with Gasteiger partial charge in [-0.05, 0) is 32.6 Å². The van der Waals surface area contributed by atoms with Crippen LogP contribution in [0.2, 0.25) is 0 Å². The van der Waals surface area contributed by atoms with Crippen LogP contribution in [0.25, 0.3) is 0 Å². The van der Waals surface area contributed by atoms with Gasteiger partial charge in [0, 0.05) is 18.9 Å². The number of rotatable bonds is 4. The van der Waals surface area contributed by atoms with Crippen LogP contribution in [0, 0.1) is 11.8 Å². The van der Waals surface area contributed by atoms with E-state index < -0.39 is 5.97 Å². The summed E-state index contributed by atoms with van der Waals surface area (Å²) in [7, 11) is 0. The van der Waals surface area contributed by atoms with Crippen molar-refractivity contribution in [2.75, 3.05) is 6.61 Å². The molecule has 0 bridgehead atoms. The third-order valence-corrected chi connectivity index (χ3v) is 2.39. The molecule has 0 aliphatic carbocycles. The van der Waals surface area contributed by atoms with Crippen LogP contribution < -0.4 is 0 Å². The van der Waals surface area contributed by atoms with E-state index in [0.29, 0.717) is 6.42 Å². The average molecular weight is 226 g/mol. The minimum atomic E-state index is -1.08. The Morgan fingerprint density at radius 1 is 1.62 bits per heavy atom. The molecule has 1 N–H and O–H groups in total. The summed E-state index contributed by atoms with van der Waals surface area (Å²) in [6, 6.07) is 0. The lowest BCUT2D eigenvalue weighted by molar-refractivity contribution is -0.185. The van der Waals surface area contributed by atoms with Gasteiger partial charge in [-0.3, -0.25) is 0 Å². The third kappa shape index (κ3) is 5.74. The van der Waals surface area contributed by atoms with Crippen LogP contribution in [0.15, 0.2) is 0 Å². The molecule has 90 valence electrons. The standard InChI is InChI=1S/C12H18O4/c1-10(6-2-3-7-11(13)14)16-12-8-4-5-9-15-12/h10,12H,2,4-6,8-9H2,1H3,(H,13,14)/t10-,12-/m1/s1. The lowest BCUT2D eigenvalue weighted by atomic mass is 10.2. The van der Waals surface area contributed by atoms with Crippen molar-refractivity contribution < 1.29 is 19.4 Å². The summed E-state index contributed by atoms with van der Waals surface area (Å²) in [5, 5.41) is 8.31. The highest BCUT2D eigenvalue weighted by Crippen LogP contribution is 2.16. The van der Waals surface area contributed by atoms with E-state index >= 15 is 0 Å². The van der Waals surface area contributed by atoms with E-state index in [1.807, 2.05) is 6.92 Å². The SMILES string of the molecule is C[C@H](CCC#CC(=O)O)O[C@@H]1CCCCO1. The van der Waals surface area contributed by atoms with Gasteiger partial charge in [-0.25, -0.2) is 4.79 Å². The number of aliphatic carboxylic acids is 1. The summed E-state index contributed by atoms with van der Waals surface area (Å²) >= 11 is 0. The lowest BCUT2D eigenvalue weighted by Gasteiger charge is -2.25. The number of ether oxygens (including phenoxy) is 2. The van der Waals surface area contributed by atoms with Crippen molar-refractivity contribution in [1.29, 1.82) is 0 Å². The van der Waals surface area contributed by atoms with Crippen LogP contribution in [0.3, 0.4) is 0 Å². The molecular weight excluding hydrogens is 208 g/mol. The Morgan fingerprint density at radius 3 is 3.06 bits per heavy atom. The molecule has 1 saturated heterocycles. The summed E-state index contributed by atoms with van der Waals surface area (Å²) in [5.41, 5.74) is 0. The van der Waals surface area contributed by atoms with E-state index in [1.54, 1.807) is 0 Å². The second kappa shape index (κ2) is 7.26. The minimum Gasteiger partial charge on any atom is -0.472 e. The molecule has 0 aromatic heterocycles. The molecule has 1 aliphatic rings. The van der Waals surface area contributed by atoms with Crippen LogP contribution in [0.4, 0.5) is 0 Å². The Hall–Kier alpha value is -1.05. The van der Waals surface area contributed by atoms with Gasteiger partial charge in [0.1, 0.15) is 0 Å². The largest absolute Gasteiger partial charge is 0.472 e. The van der Waals surface area contributed by atoms with Crippen LogP contribution in [0.1, 0.15) is 39.0 Å². The summed E-state index contributed by atoms with van der Waals surface area (Å²) in [6.07, 6.45) is 4.46. The maximum absolute atomic E-state index is 10.1. The van der Waals surface area contributed by atoms with Gasteiger partial charge in [0.25, 0.3) is 0 Å². The quantitative estimate of drug-likeness (QED) is 0.742. The number of carbonyl (C=O) groups is 1. The second-order valence-corrected chi connectivity index (χ2v) is 3.89. The van der Waals surface area contributed by atoms with Crippen molar-refractivity contribution in [1.82, 2.24) is 0 Å². The molecule has 4 nitrogen and oxygen atoms in total. The predicted octanol–water partition coefficient (Wildman–Crippen LogP) is 1.79. The summed E-state index contributed by atoms with van der Waals surface area (Å²) in [4.78, 5) is 10.1. The Morgan fingerprint density at radius 2 is 2.44 bits per heavy atom. The molecule has 2 atom stereocenters. The van der Waals surface area contributed by atoms with Gasteiger partial charge in [0.15, 0.2) is 6.29 Å². The third-order valence-electron chi connectivity index (χ3n) is 2.39. The summed E-state index contributed by atoms with van der Waals surface area (Å²) < 4.78 is 11.1.